The van der Waals surface area contributed by atoms with E-state index in [9.17, 15) is 0 Å². The Bertz CT molecular complexity index is 457. The number of thiophene rings is 1. The highest BCUT2D eigenvalue weighted by Crippen LogP contribution is 2.36. The Labute approximate surface area is 88.3 Å². The molecule has 1 nitrogen and oxygen atoms in total. The van der Waals surface area contributed by atoms with Crippen molar-refractivity contribution in [2.45, 2.75) is 20.3 Å². The zero-order valence-corrected chi connectivity index (χ0v) is 9.57. The third-order valence-electron chi connectivity index (χ3n) is 2.58. The smallest absolute Gasteiger partial charge is 0.140 e. The highest BCUT2D eigenvalue weighted by Gasteiger charge is 2.10. The van der Waals surface area contributed by atoms with Crippen molar-refractivity contribution in [3.63, 3.8) is 0 Å². The summed E-state index contributed by atoms with van der Waals surface area (Å²) in [6, 6.07) is 4.39. The molecule has 74 valence electrons. The second-order valence-corrected chi connectivity index (χ2v) is 4.31. The second-order valence-electron chi connectivity index (χ2n) is 3.40. The van der Waals surface area contributed by atoms with E-state index >= 15 is 0 Å². The van der Waals surface area contributed by atoms with Crippen molar-refractivity contribution < 1.29 is 4.74 Å². The van der Waals surface area contributed by atoms with Crippen LogP contribution in [0.15, 0.2) is 17.5 Å². The standard InChI is InChI=1S/C12H14OS/c1-4-10-8(2)7-9-5-6-14-12(9)11(10)13-3/h5-7H,4H2,1-3H3. The van der Waals surface area contributed by atoms with Gasteiger partial charge in [-0.25, -0.2) is 0 Å². The van der Waals surface area contributed by atoms with E-state index in [-0.39, 0.29) is 0 Å². The summed E-state index contributed by atoms with van der Waals surface area (Å²) >= 11 is 1.75. The first kappa shape index (κ1) is 9.53. The molecule has 0 radical (unpaired) electrons. The van der Waals surface area contributed by atoms with Gasteiger partial charge in [-0.3, -0.25) is 0 Å². The fourth-order valence-electron chi connectivity index (χ4n) is 1.91. The Morgan fingerprint density at radius 3 is 2.86 bits per heavy atom. The van der Waals surface area contributed by atoms with E-state index in [0.29, 0.717) is 0 Å². The molecule has 2 heteroatoms. The van der Waals surface area contributed by atoms with Gasteiger partial charge in [-0.2, -0.15) is 0 Å². The number of ether oxygens (including phenoxy) is 1. The van der Waals surface area contributed by atoms with Crippen LogP contribution < -0.4 is 4.74 Å². The quantitative estimate of drug-likeness (QED) is 0.726. The predicted molar refractivity (Wildman–Crippen MR) is 62.5 cm³/mol. The second kappa shape index (κ2) is 3.62. The molecule has 0 aliphatic heterocycles. The topological polar surface area (TPSA) is 9.23 Å². The summed E-state index contributed by atoms with van der Waals surface area (Å²) in [6.45, 7) is 4.32. The van der Waals surface area contributed by atoms with Crippen LogP contribution in [-0.4, -0.2) is 7.11 Å². The lowest BCUT2D eigenvalue weighted by Crippen LogP contribution is -1.93. The number of aryl methyl sites for hydroxylation is 1. The number of benzene rings is 1. The molecule has 0 saturated heterocycles. The van der Waals surface area contributed by atoms with E-state index in [1.54, 1.807) is 18.4 Å². The van der Waals surface area contributed by atoms with Crippen LogP contribution in [0.5, 0.6) is 5.75 Å². The van der Waals surface area contributed by atoms with Crippen molar-refractivity contribution in [3.05, 3.63) is 28.6 Å². The molecule has 1 aromatic carbocycles. The summed E-state index contributed by atoms with van der Waals surface area (Å²) in [7, 11) is 1.76. The van der Waals surface area contributed by atoms with E-state index < -0.39 is 0 Å². The summed E-state index contributed by atoms with van der Waals surface area (Å²) < 4.78 is 6.77. The van der Waals surface area contributed by atoms with Crippen molar-refractivity contribution in [3.8, 4) is 5.75 Å². The monoisotopic (exact) mass is 206 g/mol. The lowest BCUT2D eigenvalue weighted by Gasteiger charge is -2.10. The van der Waals surface area contributed by atoms with Gasteiger partial charge in [0.2, 0.25) is 0 Å². The van der Waals surface area contributed by atoms with Crippen molar-refractivity contribution >= 4 is 21.4 Å². The maximum atomic E-state index is 5.50. The molecule has 0 fully saturated rings. The van der Waals surface area contributed by atoms with Gasteiger partial charge in [-0.15, -0.1) is 11.3 Å². The molecule has 14 heavy (non-hydrogen) atoms. The largest absolute Gasteiger partial charge is 0.495 e. The Morgan fingerprint density at radius 2 is 2.21 bits per heavy atom. The van der Waals surface area contributed by atoms with E-state index in [1.807, 2.05) is 0 Å². The summed E-state index contributed by atoms with van der Waals surface area (Å²) in [6.07, 6.45) is 1.03. The lowest BCUT2D eigenvalue weighted by molar-refractivity contribution is 0.415. The minimum Gasteiger partial charge on any atom is -0.495 e. The van der Waals surface area contributed by atoms with Crippen molar-refractivity contribution in [1.29, 1.82) is 0 Å². The molecule has 0 unspecified atom stereocenters. The molecule has 0 bridgehead atoms. The first-order valence-electron chi connectivity index (χ1n) is 4.81. The average molecular weight is 206 g/mol. The summed E-state index contributed by atoms with van der Waals surface area (Å²) in [5, 5.41) is 3.41. The van der Waals surface area contributed by atoms with Gasteiger partial charge in [0.25, 0.3) is 0 Å². The molecule has 0 atom stereocenters. The molecule has 0 aliphatic carbocycles. The average Bonchev–Trinajstić information content (AvgIpc) is 2.62. The van der Waals surface area contributed by atoms with E-state index in [2.05, 4.69) is 31.4 Å². The van der Waals surface area contributed by atoms with Gasteiger partial charge in [0.05, 0.1) is 11.8 Å². The fraction of sp³-hybridized carbons (Fsp3) is 0.333. The fourth-order valence-corrected chi connectivity index (χ4v) is 2.84. The number of methoxy groups -OCH3 is 1. The SMILES string of the molecule is CCc1c(C)cc2ccsc2c1OC. The Kier molecular flexibility index (Phi) is 2.46. The summed E-state index contributed by atoms with van der Waals surface area (Å²) in [5.74, 6) is 1.07. The van der Waals surface area contributed by atoms with Crippen LogP contribution in [0.3, 0.4) is 0 Å². The molecule has 0 spiro atoms. The van der Waals surface area contributed by atoms with Crippen molar-refractivity contribution in [1.82, 2.24) is 0 Å². The maximum Gasteiger partial charge on any atom is 0.140 e. The highest BCUT2D eigenvalue weighted by atomic mass is 32.1. The molecule has 2 rings (SSSR count). The van der Waals surface area contributed by atoms with Crippen LogP contribution in [0.1, 0.15) is 18.1 Å². The number of hydrogen-bond acceptors (Lipinski definition) is 2. The third-order valence-corrected chi connectivity index (χ3v) is 3.51. The Balaban J connectivity index is 2.82. The van der Waals surface area contributed by atoms with Gasteiger partial charge in [-0.1, -0.05) is 13.0 Å². The third kappa shape index (κ3) is 1.30. The van der Waals surface area contributed by atoms with E-state index in [1.165, 1.54) is 21.2 Å². The Morgan fingerprint density at radius 1 is 1.43 bits per heavy atom. The van der Waals surface area contributed by atoms with Gasteiger partial charge < -0.3 is 4.74 Å². The van der Waals surface area contributed by atoms with Crippen LogP contribution in [-0.2, 0) is 6.42 Å². The molecule has 1 heterocycles. The van der Waals surface area contributed by atoms with Crippen molar-refractivity contribution in [2.75, 3.05) is 7.11 Å². The molecule has 0 aliphatic rings. The molecular formula is C12H14OS. The minimum absolute atomic E-state index is 1.03. The first-order valence-corrected chi connectivity index (χ1v) is 5.69. The first-order chi connectivity index (χ1) is 6.77. The van der Waals surface area contributed by atoms with E-state index in [0.717, 1.165) is 12.2 Å². The number of fused-ring (bicyclic) bond motifs is 1. The highest BCUT2D eigenvalue weighted by molar-refractivity contribution is 7.17. The molecule has 2 aromatic rings. The zero-order chi connectivity index (χ0) is 10.1. The molecule has 0 saturated carbocycles. The van der Waals surface area contributed by atoms with Gasteiger partial charge in [0, 0.05) is 0 Å². The van der Waals surface area contributed by atoms with Crippen LogP contribution >= 0.6 is 11.3 Å². The molecular weight excluding hydrogens is 192 g/mol. The lowest BCUT2D eigenvalue weighted by atomic mass is 10.0. The van der Waals surface area contributed by atoms with Gasteiger partial charge in [-0.05, 0) is 41.3 Å². The molecule has 1 aromatic heterocycles. The van der Waals surface area contributed by atoms with Crippen LogP contribution in [0.4, 0.5) is 0 Å². The van der Waals surface area contributed by atoms with Gasteiger partial charge in [0.15, 0.2) is 0 Å². The van der Waals surface area contributed by atoms with Gasteiger partial charge >= 0.3 is 0 Å². The summed E-state index contributed by atoms with van der Waals surface area (Å²) in [4.78, 5) is 0. The normalized spacial score (nSPS) is 10.8. The number of hydrogen-bond donors (Lipinski definition) is 0. The predicted octanol–water partition coefficient (Wildman–Crippen LogP) is 3.78. The van der Waals surface area contributed by atoms with Crippen LogP contribution in [0.2, 0.25) is 0 Å². The molecule has 0 N–H and O–H groups in total. The van der Waals surface area contributed by atoms with Gasteiger partial charge in [0.1, 0.15) is 5.75 Å². The molecule has 0 amide bonds. The van der Waals surface area contributed by atoms with Crippen LogP contribution in [0.25, 0.3) is 10.1 Å². The zero-order valence-electron chi connectivity index (χ0n) is 8.76. The maximum absolute atomic E-state index is 5.50. The van der Waals surface area contributed by atoms with Crippen molar-refractivity contribution in [2.24, 2.45) is 0 Å². The Hall–Kier alpha value is -1.02. The summed E-state index contributed by atoms with van der Waals surface area (Å²) in [5.41, 5.74) is 2.66. The van der Waals surface area contributed by atoms with Crippen LogP contribution in [0, 0.1) is 6.92 Å². The number of rotatable bonds is 2. The minimum atomic E-state index is 1.03. The van der Waals surface area contributed by atoms with E-state index in [4.69, 9.17) is 4.74 Å².